The lowest BCUT2D eigenvalue weighted by molar-refractivity contribution is -0.119. The van der Waals surface area contributed by atoms with Crippen LogP contribution in [-0.4, -0.2) is 46.6 Å². The molecule has 1 saturated carbocycles. The standard InChI is InChI=1S/C31H35ClN4O2.CF2O/c1-18-33-15-22(16-34-18)25-13-21(28(38)12-20-6-8-23(32)9-7-20)14-26-24-10-11-27(35-19(2)37)30(24)36(29(25)26)17-31(3,4)5;2-1(3)4/h6-9,13-16,24,27,30H,10-12,17H2,1-5H3,(H,35,37);. The first-order valence-electron chi connectivity index (χ1n) is 13.9. The maximum atomic E-state index is 13.6. The average molecular weight is 597 g/mol. The Balaban J connectivity index is 0.000000952. The molecule has 2 aliphatic rings. The molecule has 0 radical (unpaired) electrons. The minimum atomic E-state index is -2.83. The van der Waals surface area contributed by atoms with E-state index in [0.29, 0.717) is 22.8 Å². The molecule has 7 nitrogen and oxygen atoms in total. The fraction of sp³-hybridized carbons (Fsp3) is 0.406. The van der Waals surface area contributed by atoms with Gasteiger partial charge in [-0.1, -0.05) is 44.5 Å². The normalized spacial score (nSPS) is 19.0. The maximum absolute atomic E-state index is 13.6. The first-order chi connectivity index (χ1) is 19.7. The summed E-state index contributed by atoms with van der Waals surface area (Å²) in [5.41, 5.74) is 5.84. The molecule has 10 heteroatoms. The van der Waals surface area contributed by atoms with Crippen molar-refractivity contribution >= 4 is 35.3 Å². The second-order valence-electron chi connectivity index (χ2n) is 12.1. The Bertz CT molecular complexity index is 1470. The number of halogens is 3. The van der Waals surface area contributed by atoms with Crippen LogP contribution in [0.5, 0.6) is 0 Å². The minimum Gasteiger partial charge on any atom is -0.365 e. The topological polar surface area (TPSA) is 92.3 Å². The van der Waals surface area contributed by atoms with Gasteiger partial charge in [0.25, 0.3) is 0 Å². The van der Waals surface area contributed by atoms with Crippen molar-refractivity contribution in [3.8, 4) is 11.1 Å². The molecule has 3 aromatic rings. The number of anilines is 1. The fourth-order valence-electron chi connectivity index (χ4n) is 6.08. The van der Waals surface area contributed by atoms with Gasteiger partial charge in [0.2, 0.25) is 5.91 Å². The molecule has 2 heterocycles. The zero-order chi connectivity index (χ0) is 30.8. The zero-order valence-corrected chi connectivity index (χ0v) is 25.1. The van der Waals surface area contributed by atoms with E-state index in [2.05, 4.69) is 47.0 Å². The van der Waals surface area contributed by atoms with Crippen molar-refractivity contribution in [2.75, 3.05) is 11.4 Å². The van der Waals surface area contributed by atoms with E-state index >= 15 is 0 Å². The number of amides is 1. The van der Waals surface area contributed by atoms with Gasteiger partial charge in [0.15, 0.2) is 5.78 Å². The summed E-state index contributed by atoms with van der Waals surface area (Å²) in [6, 6.07) is 11.7. The number of Topliss-reactive ketones (excluding diaryl/α,β-unsaturated/α-hetero) is 1. The van der Waals surface area contributed by atoms with Crippen LogP contribution >= 0.6 is 11.6 Å². The molecule has 1 fully saturated rings. The molecule has 1 N–H and O–H groups in total. The summed E-state index contributed by atoms with van der Waals surface area (Å²) in [6.45, 7) is 11.0. The number of nitrogens with zero attached hydrogens (tertiary/aromatic N) is 3. The molecule has 0 saturated heterocycles. The van der Waals surface area contributed by atoms with Gasteiger partial charge in [0, 0.05) is 71.6 Å². The molecule has 3 atom stereocenters. The molecule has 222 valence electrons. The number of benzene rings is 2. The molecule has 1 aliphatic heterocycles. The van der Waals surface area contributed by atoms with Gasteiger partial charge in [0.05, 0.1) is 6.04 Å². The van der Waals surface area contributed by atoms with E-state index in [-0.39, 0.29) is 35.1 Å². The lowest BCUT2D eigenvalue weighted by Gasteiger charge is -2.37. The SMILES string of the molecule is CC(=O)NC1CCC2c3cc(C(=O)Cc4ccc(Cl)cc4)cc(-c4cnc(C)nc4)c3N(CC(C)(C)C)C12.O=C(F)F. The lowest BCUT2D eigenvalue weighted by Crippen LogP contribution is -2.50. The molecule has 0 bridgehead atoms. The number of carbonyl (C=O) groups excluding carboxylic acids is 3. The Morgan fingerprint density at radius 2 is 1.67 bits per heavy atom. The third kappa shape index (κ3) is 7.37. The number of ketones is 1. The third-order valence-corrected chi connectivity index (χ3v) is 7.78. The molecule has 42 heavy (non-hydrogen) atoms. The van der Waals surface area contributed by atoms with Crippen LogP contribution < -0.4 is 10.2 Å². The number of hydrogen-bond acceptors (Lipinski definition) is 6. The van der Waals surface area contributed by atoms with Crippen molar-refractivity contribution in [3.05, 3.63) is 76.3 Å². The van der Waals surface area contributed by atoms with E-state index < -0.39 is 6.29 Å². The smallest absolute Gasteiger partial charge is 0.365 e. The van der Waals surface area contributed by atoms with Gasteiger partial charge in [-0.15, -0.1) is 8.78 Å². The Morgan fingerprint density at radius 1 is 1.05 bits per heavy atom. The van der Waals surface area contributed by atoms with Gasteiger partial charge in [-0.25, -0.2) is 14.8 Å². The monoisotopic (exact) mass is 596 g/mol. The van der Waals surface area contributed by atoms with Crippen LogP contribution in [0.1, 0.15) is 73.8 Å². The molecule has 3 unspecified atom stereocenters. The third-order valence-electron chi connectivity index (χ3n) is 7.52. The number of aryl methyl sites for hydroxylation is 1. The Kier molecular flexibility index (Phi) is 9.40. The van der Waals surface area contributed by atoms with Gasteiger partial charge < -0.3 is 10.2 Å². The highest BCUT2D eigenvalue weighted by Gasteiger charge is 2.49. The summed E-state index contributed by atoms with van der Waals surface area (Å²) in [7, 11) is 0. The van der Waals surface area contributed by atoms with Crippen LogP contribution in [0.15, 0.2) is 48.8 Å². The predicted octanol–water partition coefficient (Wildman–Crippen LogP) is 7.19. The van der Waals surface area contributed by atoms with Gasteiger partial charge in [-0.3, -0.25) is 9.59 Å². The van der Waals surface area contributed by atoms with E-state index in [4.69, 9.17) is 16.4 Å². The summed E-state index contributed by atoms with van der Waals surface area (Å²) >= 11 is 6.06. The predicted molar refractivity (Wildman–Crippen MR) is 159 cm³/mol. The summed E-state index contributed by atoms with van der Waals surface area (Å²) in [5.74, 6) is 0.993. The lowest BCUT2D eigenvalue weighted by atomic mass is 9.90. The maximum Gasteiger partial charge on any atom is 0.483 e. The second kappa shape index (κ2) is 12.7. The average Bonchev–Trinajstić information content (AvgIpc) is 3.43. The van der Waals surface area contributed by atoms with Gasteiger partial charge in [0.1, 0.15) is 5.82 Å². The van der Waals surface area contributed by atoms with Crippen LogP contribution in [0, 0.1) is 12.3 Å². The highest BCUT2D eigenvalue weighted by atomic mass is 35.5. The molecule has 5 rings (SSSR count). The first kappa shape index (κ1) is 31.2. The van der Waals surface area contributed by atoms with E-state index in [1.165, 1.54) is 5.56 Å². The van der Waals surface area contributed by atoms with Crippen LogP contribution in [-0.2, 0) is 11.2 Å². The van der Waals surface area contributed by atoms with Crippen LogP contribution in [0.25, 0.3) is 11.1 Å². The van der Waals surface area contributed by atoms with Gasteiger partial charge in [-0.05, 0) is 60.6 Å². The van der Waals surface area contributed by atoms with Gasteiger partial charge >= 0.3 is 6.29 Å². The molecule has 1 aliphatic carbocycles. The van der Waals surface area contributed by atoms with Crippen molar-refractivity contribution in [1.29, 1.82) is 0 Å². The number of aromatic nitrogens is 2. The molecule has 1 aromatic heterocycles. The highest BCUT2D eigenvalue weighted by Crippen LogP contribution is 2.54. The quantitative estimate of drug-likeness (QED) is 0.239. The number of fused-ring (bicyclic) bond motifs is 3. The van der Waals surface area contributed by atoms with Crippen LogP contribution in [0.4, 0.5) is 19.3 Å². The number of carbonyl (C=O) groups is 3. The van der Waals surface area contributed by atoms with Crippen molar-refractivity contribution in [3.63, 3.8) is 0 Å². The Morgan fingerprint density at radius 3 is 2.24 bits per heavy atom. The summed E-state index contributed by atoms with van der Waals surface area (Å²) in [4.78, 5) is 45.3. The van der Waals surface area contributed by atoms with Gasteiger partial charge in [-0.2, -0.15) is 0 Å². The fourth-order valence-corrected chi connectivity index (χ4v) is 6.21. The van der Waals surface area contributed by atoms with E-state index in [9.17, 15) is 18.4 Å². The molecular weight excluding hydrogens is 562 g/mol. The summed E-state index contributed by atoms with van der Waals surface area (Å²) in [6.07, 6.45) is 3.04. The van der Waals surface area contributed by atoms with Crippen molar-refractivity contribution in [1.82, 2.24) is 15.3 Å². The summed E-state index contributed by atoms with van der Waals surface area (Å²) < 4.78 is 19.4. The van der Waals surface area contributed by atoms with Crippen LogP contribution in [0.3, 0.4) is 0 Å². The minimum absolute atomic E-state index is 0.00620. The number of nitrogens with one attached hydrogen (secondary N) is 1. The van der Waals surface area contributed by atoms with E-state index in [0.717, 1.165) is 41.8 Å². The Labute approximate surface area is 249 Å². The number of rotatable bonds is 6. The molecular formula is C32H35ClF2N4O3. The summed E-state index contributed by atoms with van der Waals surface area (Å²) in [5, 5.41) is 3.88. The zero-order valence-electron chi connectivity index (χ0n) is 24.4. The van der Waals surface area contributed by atoms with E-state index in [1.54, 1.807) is 6.92 Å². The van der Waals surface area contributed by atoms with Crippen molar-refractivity contribution < 1.29 is 23.2 Å². The molecule has 0 spiro atoms. The van der Waals surface area contributed by atoms with E-state index in [1.807, 2.05) is 49.6 Å². The first-order valence-corrected chi connectivity index (χ1v) is 14.2. The molecule has 2 aromatic carbocycles. The second-order valence-corrected chi connectivity index (χ2v) is 12.5. The largest absolute Gasteiger partial charge is 0.483 e. The van der Waals surface area contributed by atoms with Crippen molar-refractivity contribution in [2.24, 2.45) is 5.41 Å². The van der Waals surface area contributed by atoms with Crippen molar-refractivity contribution in [2.45, 2.75) is 71.9 Å². The molecule has 1 amide bonds. The Hall–Kier alpha value is -3.72. The highest BCUT2D eigenvalue weighted by molar-refractivity contribution is 6.30. The van der Waals surface area contributed by atoms with Crippen LogP contribution in [0.2, 0.25) is 5.02 Å². The number of hydrogen-bond donors (Lipinski definition) is 1.